The van der Waals surface area contributed by atoms with Crippen LogP contribution in [0.1, 0.15) is 31.4 Å². The second-order valence-electron chi connectivity index (χ2n) is 4.62. The highest BCUT2D eigenvalue weighted by Crippen LogP contribution is 2.13. The lowest BCUT2D eigenvalue weighted by Gasteiger charge is -2.13. The summed E-state index contributed by atoms with van der Waals surface area (Å²) in [6.45, 7) is 5.20. The third-order valence-electron chi connectivity index (χ3n) is 2.53. The van der Waals surface area contributed by atoms with E-state index in [-0.39, 0.29) is 6.04 Å². The third kappa shape index (κ3) is 2.91. The molecule has 1 atom stereocenters. The highest BCUT2D eigenvalue weighted by molar-refractivity contribution is 5.03. The predicted octanol–water partition coefficient (Wildman–Crippen LogP) is 0.900. The summed E-state index contributed by atoms with van der Waals surface area (Å²) >= 11 is 0. The Balaban J connectivity index is 2.08. The van der Waals surface area contributed by atoms with Crippen LogP contribution in [-0.4, -0.2) is 24.7 Å². The molecule has 2 aromatic heterocycles. The van der Waals surface area contributed by atoms with E-state index >= 15 is 0 Å². The minimum atomic E-state index is -0.156. The average molecular weight is 234 g/mol. The lowest BCUT2D eigenvalue weighted by molar-refractivity contribution is 0.487. The van der Waals surface area contributed by atoms with E-state index in [9.17, 15) is 0 Å². The maximum absolute atomic E-state index is 6.14. The molecule has 0 bridgehead atoms. The quantitative estimate of drug-likeness (QED) is 0.804. The van der Waals surface area contributed by atoms with E-state index in [4.69, 9.17) is 5.73 Å². The highest BCUT2D eigenvalue weighted by Gasteiger charge is 2.15. The molecule has 0 spiro atoms. The maximum atomic E-state index is 6.14. The van der Waals surface area contributed by atoms with Crippen molar-refractivity contribution in [1.29, 1.82) is 0 Å². The topological polar surface area (TPSA) is 85.4 Å². The molecule has 1 unspecified atom stereocenters. The van der Waals surface area contributed by atoms with Gasteiger partial charge in [0.15, 0.2) is 0 Å². The number of aromatic amines is 1. The van der Waals surface area contributed by atoms with Crippen molar-refractivity contribution in [3.05, 3.63) is 30.4 Å². The maximum Gasteiger partial charge on any atom is 0.150 e. The standard InChI is InChI=1S/C11H18N6/c1-8(2)5-17-7-15-16-11(17)10(12)3-9-4-13-6-14-9/h4,6-8,10H,3,5,12H2,1-2H3,(H,13,14). The summed E-state index contributed by atoms with van der Waals surface area (Å²) in [4.78, 5) is 7.02. The Hall–Kier alpha value is -1.69. The predicted molar refractivity (Wildman–Crippen MR) is 64.1 cm³/mol. The largest absolute Gasteiger partial charge is 0.348 e. The van der Waals surface area contributed by atoms with E-state index < -0.39 is 0 Å². The first-order valence-corrected chi connectivity index (χ1v) is 5.77. The van der Waals surface area contributed by atoms with Gasteiger partial charge in [-0.1, -0.05) is 13.8 Å². The summed E-state index contributed by atoms with van der Waals surface area (Å²) in [6.07, 6.45) is 5.86. The lowest BCUT2D eigenvalue weighted by Crippen LogP contribution is -2.20. The van der Waals surface area contributed by atoms with Gasteiger partial charge >= 0.3 is 0 Å². The van der Waals surface area contributed by atoms with Crippen molar-refractivity contribution in [2.24, 2.45) is 11.7 Å². The number of nitrogens with two attached hydrogens (primary N) is 1. The van der Waals surface area contributed by atoms with Gasteiger partial charge in [-0.05, 0) is 5.92 Å². The number of hydrogen-bond donors (Lipinski definition) is 2. The number of imidazole rings is 1. The third-order valence-corrected chi connectivity index (χ3v) is 2.53. The van der Waals surface area contributed by atoms with Crippen LogP contribution in [0.25, 0.3) is 0 Å². The lowest BCUT2D eigenvalue weighted by atomic mass is 10.1. The molecule has 2 aromatic rings. The fourth-order valence-corrected chi connectivity index (χ4v) is 1.81. The highest BCUT2D eigenvalue weighted by atomic mass is 15.3. The van der Waals surface area contributed by atoms with Crippen LogP contribution in [0.4, 0.5) is 0 Å². The molecule has 0 fully saturated rings. The van der Waals surface area contributed by atoms with Crippen molar-refractivity contribution < 1.29 is 0 Å². The molecule has 0 saturated heterocycles. The van der Waals surface area contributed by atoms with Crippen LogP contribution in [0.15, 0.2) is 18.9 Å². The van der Waals surface area contributed by atoms with Crippen molar-refractivity contribution in [1.82, 2.24) is 24.7 Å². The number of nitrogens with one attached hydrogen (secondary N) is 1. The molecule has 2 heterocycles. The minimum absolute atomic E-state index is 0.156. The molecule has 3 N–H and O–H groups in total. The Morgan fingerprint density at radius 3 is 2.94 bits per heavy atom. The molecule has 17 heavy (non-hydrogen) atoms. The average Bonchev–Trinajstić information content (AvgIpc) is 2.87. The number of nitrogens with zero attached hydrogens (tertiary/aromatic N) is 4. The number of aromatic nitrogens is 5. The Morgan fingerprint density at radius 2 is 2.29 bits per heavy atom. The van der Waals surface area contributed by atoms with E-state index in [2.05, 4.69) is 34.0 Å². The molecule has 0 radical (unpaired) electrons. The molecule has 92 valence electrons. The Bertz CT molecular complexity index is 444. The van der Waals surface area contributed by atoms with Gasteiger partial charge in [0.05, 0.1) is 12.4 Å². The van der Waals surface area contributed by atoms with Crippen molar-refractivity contribution in [3.63, 3.8) is 0 Å². The number of hydrogen-bond acceptors (Lipinski definition) is 4. The summed E-state index contributed by atoms with van der Waals surface area (Å²) in [5.74, 6) is 1.37. The van der Waals surface area contributed by atoms with Crippen molar-refractivity contribution in [2.75, 3.05) is 0 Å². The SMILES string of the molecule is CC(C)Cn1cnnc1C(N)Cc1cnc[nH]1. The van der Waals surface area contributed by atoms with Gasteiger partial charge in [-0.15, -0.1) is 10.2 Å². The van der Waals surface area contributed by atoms with E-state index in [1.165, 1.54) is 0 Å². The summed E-state index contributed by atoms with van der Waals surface area (Å²) in [7, 11) is 0. The molecule has 6 nitrogen and oxygen atoms in total. The van der Waals surface area contributed by atoms with Gasteiger partial charge in [-0.2, -0.15) is 0 Å². The van der Waals surface area contributed by atoms with Gasteiger partial charge in [0, 0.05) is 24.9 Å². The van der Waals surface area contributed by atoms with Gasteiger partial charge < -0.3 is 15.3 Å². The molecule has 0 aliphatic heterocycles. The van der Waals surface area contributed by atoms with E-state index in [0.717, 1.165) is 18.1 Å². The van der Waals surface area contributed by atoms with Crippen LogP contribution in [-0.2, 0) is 13.0 Å². The zero-order valence-electron chi connectivity index (χ0n) is 10.2. The molecular formula is C11H18N6. The fourth-order valence-electron chi connectivity index (χ4n) is 1.81. The van der Waals surface area contributed by atoms with Crippen LogP contribution in [0.5, 0.6) is 0 Å². The van der Waals surface area contributed by atoms with Crippen molar-refractivity contribution in [2.45, 2.75) is 32.9 Å². The second kappa shape index (κ2) is 5.09. The smallest absolute Gasteiger partial charge is 0.150 e. The summed E-state index contributed by atoms with van der Waals surface area (Å²) in [6, 6.07) is -0.156. The van der Waals surface area contributed by atoms with Crippen molar-refractivity contribution in [3.8, 4) is 0 Å². The van der Waals surface area contributed by atoms with Crippen molar-refractivity contribution >= 4 is 0 Å². The summed E-state index contributed by atoms with van der Waals surface area (Å²) in [5.41, 5.74) is 7.15. The van der Waals surface area contributed by atoms with E-state index in [1.807, 2.05) is 4.57 Å². The van der Waals surface area contributed by atoms with Gasteiger partial charge in [-0.25, -0.2) is 4.98 Å². The molecule has 0 aliphatic rings. The first-order chi connectivity index (χ1) is 8.16. The zero-order valence-corrected chi connectivity index (χ0v) is 10.2. The van der Waals surface area contributed by atoms with E-state index in [0.29, 0.717) is 12.3 Å². The molecule has 0 saturated carbocycles. The second-order valence-corrected chi connectivity index (χ2v) is 4.62. The minimum Gasteiger partial charge on any atom is -0.348 e. The van der Waals surface area contributed by atoms with Crippen LogP contribution in [0.3, 0.4) is 0 Å². The summed E-state index contributed by atoms with van der Waals surface area (Å²) in [5, 5.41) is 8.04. The molecule has 0 amide bonds. The Morgan fingerprint density at radius 1 is 1.47 bits per heavy atom. The first kappa shape index (κ1) is 11.8. The Labute approximate surface area is 100 Å². The number of H-pyrrole nitrogens is 1. The summed E-state index contributed by atoms with van der Waals surface area (Å²) < 4.78 is 2.02. The molecule has 0 aliphatic carbocycles. The number of rotatable bonds is 5. The zero-order chi connectivity index (χ0) is 12.3. The Kier molecular flexibility index (Phi) is 3.53. The molecular weight excluding hydrogens is 216 g/mol. The van der Waals surface area contributed by atoms with E-state index in [1.54, 1.807) is 18.9 Å². The molecule has 0 aromatic carbocycles. The first-order valence-electron chi connectivity index (χ1n) is 5.77. The van der Waals surface area contributed by atoms with Crippen LogP contribution in [0.2, 0.25) is 0 Å². The van der Waals surface area contributed by atoms with Gasteiger partial charge in [0.2, 0.25) is 0 Å². The van der Waals surface area contributed by atoms with Crippen LogP contribution in [0, 0.1) is 5.92 Å². The fraction of sp³-hybridized carbons (Fsp3) is 0.545. The van der Waals surface area contributed by atoms with Gasteiger partial charge in [0.1, 0.15) is 12.2 Å². The monoisotopic (exact) mass is 234 g/mol. The van der Waals surface area contributed by atoms with Gasteiger partial charge in [-0.3, -0.25) is 0 Å². The van der Waals surface area contributed by atoms with Crippen LogP contribution >= 0.6 is 0 Å². The van der Waals surface area contributed by atoms with Gasteiger partial charge in [0.25, 0.3) is 0 Å². The molecule has 6 heteroatoms. The normalized spacial score (nSPS) is 13.2. The molecule has 2 rings (SSSR count). The van der Waals surface area contributed by atoms with Crippen LogP contribution < -0.4 is 5.73 Å².